The highest BCUT2D eigenvalue weighted by atomic mass is 16.6. The van der Waals surface area contributed by atoms with Gasteiger partial charge < -0.3 is 29.9 Å². The second-order valence-corrected chi connectivity index (χ2v) is 10.5. The quantitative estimate of drug-likeness (QED) is 0.545. The monoisotopic (exact) mass is 489 g/mol. The summed E-state index contributed by atoms with van der Waals surface area (Å²) in [6.45, 7) is 7.44. The maximum atomic E-state index is 12.3. The Labute approximate surface area is 208 Å². The number of piperidine rings is 1. The van der Waals surface area contributed by atoms with Crippen molar-refractivity contribution in [3.63, 3.8) is 0 Å². The predicted molar refractivity (Wildman–Crippen MR) is 135 cm³/mol. The topological polar surface area (TPSA) is 111 Å². The zero-order valence-electron chi connectivity index (χ0n) is 21.2. The van der Waals surface area contributed by atoms with E-state index in [0.29, 0.717) is 32.0 Å². The molecule has 194 valence electrons. The fourth-order valence-electron chi connectivity index (χ4n) is 4.40. The summed E-state index contributed by atoms with van der Waals surface area (Å²) in [5.41, 5.74) is 1.90. The van der Waals surface area contributed by atoms with E-state index in [1.807, 2.05) is 32.9 Å². The molecule has 0 saturated carbocycles. The Morgan fingerprint density at radius 2 is 1.86 bits per heavy atom. The number of aliphatic hydroxyl groups is 1. The Hall–Kier alpha value is -2.58. The molecule has 1 heterocycles. The van der Waals surface area contributed by atoms with Gasteiger partial charge in [0.15, 0.2) is 6.61 Å². The summed E-state index contributed by atoms with van der Waals surface area (Å²) in [6.07, 6.45) is 5.93. The van der Waals surface area contributed by atoms with Gasteiger partial charge in [0.05, 0.1) is 13.2 Å². The van der Waals surface area contributed by atoms with Crippen molar-refractivity contribution in [2.75, 3.05) is 32.9 Å². The first-order valence-electron chi connectivity index (χ1n) is 12.6. The fraction of sp³-hybridized carbons (Fsp3) is 0.630. The van der Waals surface area contributed by atoms with Crippen LogP contribution in [0, 0.1) is 11.8 Å². The molecule has 0 bridgehead atoms. The van der Waals surface area contributed by atoms with Crippen LogP contribution >= 0.6 is 0 Å². The lowest BCUT2D eigenvalue weighted by molar-refractivity contribution is -0.126. The van der Waals surface area contributed by atoms with Crippen LogP contribution in [0.25, 0.3) is 5.57 Å². The van der Waals surface area contributed by atoms with Crippen molar-refractivity contribution in [1.82, 2.24) is 10.2 Å². The van der Waals surface area contributed by atoms with E-state index in [2.05, 4.69) is 23.5 Å². The number of nitrogens with zero attached hydrogens (tertiary/aromatic N) is 1. The number of amides is 2. The fourth-order valence-corrected chi connectivity index (χ4v) is 4.40. The molecule has 35 heavy (non-hydrogen) atoms. The Morgan fingerprint density at radius 3 is 2.40 bits per heavy atom. The summed E-state index contributed by atoms with van der Waals surface area (Å²) >= 11 is 0. The number of allylic oxidation sites excluding steroid dienone is 2. The average molecular weight is 490 g/mol. The average Bonchev–Trinajstić information content (AvgIpc) is 2.85. The number of aliphatic hydroxyl groups excluding tert-OH is 1. The van der Waals surface area contributed by atoms with Crippen LogP contribution in [0.2, 0.25) is 0 Å². The van der Waals surface area contributed by atoms with E-state index in [1.54, 1.807) is 4.90 Å². The van der Waals surface area contributed by atoms with E-state index >= 15 is 0 Å². The van der Waals surface area contributed by atoms with Crippen LogP contribution < -0.4 is 10.1 Å². The van der Waals surface area contributed by atoms with Crippen molar-refractivity contribution < 1.29 is 29.3 Å². The van der Waals surface area contributed by atoms with Crippen molar-refractivity contribution >= 4 is 17.6 Å². The van der Waals surface area contributed by atoms with Crippen LogP contribution in [0.3, 0.4) is 0 Å². The highest BCUT2D eigenvalue weighted by molar-refractivity contribution is 5.81. The van der Waals surface area contributed by atoms with Gasteiger partial charge in [0.25, 0.3) is 0 Å². The third kappa shape index (κ3) is 8.25. The molecule has 1 aromatic rings. The van der Waals surface area contributed by atoms with Gasteiger partial charge in [-0.3, -0.25) is 4.79 Å². The zero-order valence-corrected chi connectivity index (χ0v) is 21.2. The molecule has 1 aliphatic carbocycles. The van der Waals surface area contributed by atoms with Crippen LogP contribution in [0.1, 0.15) is 58.4 Å². The minimum Gasteiger partial charge on any atom is -0.493 e. The van der Waals surface area contributed by atoms with Crippen LogP contribution in [-0.2, 0) is 9.53 Å². The van der Waals surface area contributed by atoms with Crippen molar-refractivity contribution in [2.45, 2.75) is 64.5 Å². The Morgan fingerprint density at radius 1 is 1.17 bits per heavy atom. The van der Waals surface area contributed by atoms with Crippen molar-refractivity contribution in [2.24, 2.45) is 11.8 Å². The number of carbonyl (C=O) groups is 2. The first-order chi connectivity index (χ1) is 16.7. The molecule has 4 N–H and O–H groups in total. The number of rotatable bonds is 8. The first-order valence-corrected chi connectivity index (χ1v) is 12.6. The molecule has 0 spiro atoms. The molecule has 1 aliphatic heterocycles. The molecule has 2 amide bonds. The van der Waals surface area contributed by atoms with Gasteiger partial charge in [0, 0.05) is 19.0 Å². The van der Waals surface area contributed by atoms with E-state index in [4.69, 9.17) is 14.6 Å². The van der Waals surface area contributed by atoms with E-state index in [1.165, 1.54) is 5.57 Å². The second kappa shape index (κ2) is 12.4. The van der Waals surface area contributed by atoms with Gasteiger partial charge in [0.2, 0.25) is 5.91 Å². The summed E-state index contributed by atoms with van der Waals surface area (Å²) in [5, 5.41) is 19.3. The van der Waals surface area contributed by atoms with Gasteiger partial charge in [-0.2, -0.15) is 0 Å². The molecule has 2 atom stereocenters. The minimum absolute atomic E-state index is 0.0181. The summed E-state index contributed by atoms with van der Waals surface area (Å²) < 4.78 is 11.5. The maximum Gasteiger partial charge on any atom is 0.410 e. The lowest BCUT2D eigenvalue weighted by Crippen LogP contribution is -2.43. The summed E-state index contributed by atoms with van der Waals surface area (Å²) in [7, 11) is 0. The number of hydrogen-bond donors (Lipinski definition) is 2. The van der Waals surface area contributed by atoms with Gasteiger partial charge in [-0.05, 0) is 82.1 Å². The SMILES string of the molecule is CC(C)(C)OC(=O)N1CCC(COc2ccc(C3=CCC(C(=O)NC(CO)C[OH2+])CC3)cc2)CC1. The normalized spacial score (nSPS) is 20.1. The second-order valence-electron chi connectivity index (χ2n) is 10.5. The minimum atomic E-state index is -0.488. The number of nitrogens with one attached hydrogen (secondary N) is 1. The number of carbonyl (C=O) groups excluding carboxylic acids is 2. The molecule has 0 aromatic heterocycles. The highest BCUT2D eigenvalue weighted by Gasteiger charge is 2.27. The largest absolute Gasteiger partial charge is 0.493 e. The number of likely N-dealkylation sites (tertiary alicyclic amines) is 1. The molecule has 0 radical (unpaired) electrons. The molecular weight excluding hydrogens is 448 g/mol. The van der Waals surface area contributed by atoms with Crippen molar-refractivity contribution in [1.29, 1.82) is 0 Å². The number of ether oxygens (including phenoxy) is 2. The predicted octanol–water partition coefficient (Wildman–Crippen LogP) is 3.10. The van der Waals surface area contributed by atoms with Gasteiger partial charge in [-0.15, -0.1) is 0 Å². The van der Waals surface area contributed by atoms with E-state index in [9.17, 15) is 14.7 Å². The van der Waals surface area contributed by atoms with Gasteiger partial charge in [-0.1, -0.05) is 18.2 Å². The lowest BCUT2D eigenvalue weighted by atomic mass is 9.86. The standard InChI is InChI=1S/C27H40N2O6/c1-27(2,3)35-26(33)29-14-12-19(13-15-29)18-34-24-10-8-21(9-11-24)20-4-6-22(7-5-20)25(32)28-23(16-30)17-31/h4,8-11,19,22-23,30-31H,5-7,12-18H2,1-3H3,(H,28,32)/p+1. The van der Waals surface area contributed by atoms with E-state index < -0.39 is 11.6 Å². The Bertz CT molecular complexity index is 865. The molecular formula is C27H41N2O6+. The number of hydrogen-bond acceptors (Lipinski definition) is 5. The van der Waals surface area contributed by atoms with E-state index in [0.717, 1.165) is 37.0 Å². The summed E-state index contributed by atoms with van der Waals surface area (Å²) in [6, 6.07) is 7.62. The third-order valence-corrected chi connectivity index (χ3v) is 6.57. The summed E-state index contributed by atoms with van der Waals surface area (Å²) in [4.78, 5) is 26.3. The van der Waals surface area contributed by atoms with Gasteiger partial charge in [-0.25, -0.2) is 4.79 Å². The maximum absolute atomic E-state index is 12.3. The van der Waals surface area contributed by atoms with Crippen molar-refractivity contribution in [3.8, 4) is 5.75 Å². The van der Waals surface area contributed by atoms with Gasteiger partial charge in [0.1, 0.15) is 17.4 Å². The van der Waals surface area contributed by atoms with Crippen molar-refractivity contribution in [3.05, 3.63) is 35.9 Å². The summed E-state index contributed by atoms with van der Waals surface area (Å²) in [5.74, 6) is 1.07. The molecule has 2 aliphatic rings. The highest BCUT2D eigenvalue weighted by Crippen LogP contribution is 2.31. The van der Waals surface area contributed by atoms with Crippen LogP contribution in [0.15, 0.2) is 30.3 Å². The van der Waals surface area contributed by atoms with Gasteiger partial charge >= 0.3 is 6.09 Å². The molecule has 3 rings (SSSR count). The molecule has 1 saturated heterocycles. The van der Waals surface area contributed by atoms with E-state index in [-0.39, 0.29) is 31.1 Å². The first kappa shape index (κ1) is 27.0. The smallest absolute Gasteiger partial charge is 0.410 e. The Kier molecular flexibility index (Phi) is 9.57. The lowest BCUT2D eigenvalue weighted by Gasteiger charge is -2.33. The third-order valence-electron chi connectivity index (χ3n) is 6.57. The Balaban J connectivity index is 1.42. The molecule has 8 nitrogen and oxygen atoms in total. The molecule has 2 unspecified atom stereocenters. The van der Waals surface area contributed by atoms with Crippen LogP contribution in [0.5, 0.6) is 5.75 Å². The molecule has 8 heteroatoms. The molecule has 1 aromatic carbocycles. The van der Waals surface area contributed by atoms with Crippen LogP contribution in [-0.4, -0.2) is 71.7 Å². The zero-order chi connectivity index (χ0) is 25.4. The molecule has 1 fully saturated rings. The number of benzene rings is 1. The van der Waals surface area contributed by atoms with Crippen LogP contribution in [0.4, 0.5) is 4.79 Å².